The van der Waals surface area contributed by atoms with Crippen LogP contribution in [0.3, 0.4) is 0 Å². The van der Waals surface area contributed by atoms with Crippen molar-refractivity contribution in [3.8, 4) is 0 Å². The van der Waals surface area contributed by atoms with E-state index in [1.54, 1.807) is 39.0 Å². The van der Waals surface area contributed by atoms with E-state index in [1.165, 1.54) is 0 Å². The van der Waals surface area contributed by atoms with E-state index in [9.17, 15) is 4.79 Å². The summed E-state index contributed by atoms with van der Waals surface area (Å²) < 4.78 is 17.6. The Kier molecular flexibility index (Phi) is 6.90. The molecule has 6 nitrogen and oxygen atoms in total. The average Bonchev–Trinajstić information content (AvgIpc) is 2.71. The zero-order chi connectivity index (χ0) is 22.2. The number of halogens is 2. The van der Waals surface area contributed by atoms with Gasteiger partial charge in [-0.25, -0.2) is 4.79 Å². The van der Waals surface area contributed by atoms with E-state index in [0.29, 0.717) is 26.8 Å². The molecule has 0 atom stereocenters. The molecule has 1 aliphatic heterocycles. The maximum absolute atomic E-state index is 12.2. The van der Waals surface area contributed by atoms with Crippen molar-refractivity contribution in [3.63, 3.8) is 0 Å². The van der Waals surface area contributed by atoms with Crippen molar-refractivity contribution in [2.24, 2.45) is 0 Å². The number of nitrogen functional groups attached to an aromatic ring is 1. The van der Waals surface area contributed by atoms with E-state index in [1.807, 2.05) is 27.7 Å². The number of anilines is 1. The monoisotopic (exact) mass is 442 g/mol. The SMILES string of the molecule is CC(C)(C)OC(=O)NCC(=Cc1c(Cl)cc(N)cc1Cl)B1OC(C)(C)C(C)(C)O1. The molecule has 1 fully saturated rings. The van der Waals surface area contributed by atoms with Crippen LogP contribution >= 0.6 is 23.2 Å². The lowest BCUT2D eigenvalue weighted by atomic mass is 9.77. The summed E-state index contributed by atoms with van der Waals surface area (Å²) in [5, 5.41) is 3.52. The fourth-order valence-electron chi connectivity index (χ4n) is 2.61. The van der Waals surface area contributed by atoms with Crippen LogP contribution in [0.15, 0.2) is 17.6 Å². The molecule has 0 radical (unpaired) electrons. The van der Waals surface area contributed by atoms with Crippen LogP contribution < -0.4 is 11.1 Å². The third-order valence-corrected chi connectivity index (χ3v) is 5.45. The average molecular weight is 443 g/mol. The predicted octanol–water partition coefficient (Wildman–Crippen LogP) is 5.12. The van der Waals surface area contributed by atoms with E-state index in [-0.39, 0.29) is 6.54 Å². The molecule has 1 amide bonds. The van der Waals surface area contributed by atoms with Crippen molar-refractivity contribution in [1.82, 2.24) is 5.32 Å². The van der Waals surface area contributed by atoms with Gasteiger partial charge in [0, 0.05) is 17.8 Å². The zero-order valence-corrected chi connectivity index (χ0v) is 19.5. The Morgan fingerprint density at radius 1 is 1.17 bits per heavy atom. The highest BCUT2D eigenvalue weighted by molar-refractivity contribution is 6.56. The Bertz CT molecular complexity index is 780. The molecule has 1 aromatic rings. The number of hydrogen-bond donors (Lipinski definition) is 2. The van der Waals surface area contributed by atoms with Gasteiger partial charge in [0.1, 0.15) is 5.60 Å². The van der Waals surface area contributed by atoms with Crippen molar-refractivity contribution < 1.29 is 18.8 Å². The van der Waals surface area contributed by atoms with Gasteiger partial charge in [0.2, 0.25) is 0 Å². The molecule has 1 aliphatic rings. The quantitative estimate of drug-likeness (QED) is 0.499. The maximum Gasteiger partial charge on any atom is 0.492 e. The molecule has 0 aliphatic carbocycles. The molecular formula is C20H29BCl2N2O4. The van der Waals surface area contributed by atoms with Crippen LogP contribution in [0.4, 0.5) is 10.5 Å². The number of hydrogen-bond acceptors (Lipinski definition) is 5. The van der Waals surface area contributed by atoms with Crippen LogP contribution in [0.1, 0.15) is 54.0 Å². The summed E-state index contributed by atoms with van der Waals surface area (Å²) >= 11 is 12.7. The second-order valence-electron chi connectivity index (χ2n) is 9.06. The number of rotatable bonds is 4. The van der Waals surface area contributed by atoms with Gasteiger partial charge in [-0.2, -0.15) is 0 Å². The Balaban J connectivity index is 2.36. The lowest BCUT2D eigenvalue weighted by Crippen LogP contribution is -2.41. The highest BCUT2D eigenvalue weighted by Gasteiger charge is 2.52. The van der Waals surface area contributed by atoms with Gasteiger partial charge < -0.3 is 25.1 Å². The van der Waals surface area contributed by atoms with E-state index >= 15 is 0 Å². The van der Waals surface area contributed by atoms with Crippen molar-refractivity contribution in [1.29, 1.82) is 0 Å². The largest absolute Gasteiger partial charge is 0.492 e. The first kappa shape index (κ1) is 23.9. The molecule has 1 aromatic carbocycles. The number of alkyl carbamates (subject to hydrolysis) is 1. The lowest BCUT2D eigenvalue weighted by Gasteiger charge is -2.32. The number of ether oxygens (including phenoxy) is 1. The minimum Gasteiger partial charge on any atom is -0.444 e. The van der Waals surface area contributed by atoms with Gasteiger partial charge in [0.25, 0.3) is 0 Å². The summed E-state index contributed by atoms with van der Waals surface area (Å²) in [5.74, 6) is 0. The van der Waals surface area contributed by atoms with Crippen LogP contribution in [0.5, 0.6) is 0 Å². The number of carbonyl (C=O) groups is 1. The smallest absolute Gasteiger partial charge is 0.444 e. The lowest BCUT2D eigenvalue weighted by molar-refractivity contribution is 0.00578. The summed E-state index contributed by atoms with van der Waals surface area (Å²) in [7, 11) is -0.695. The molecule has 0 saturated carbocycles. The summed E-state index contributed by atoms with van der Waals surface area (Å²) in [6.45, 7) is 13.3. The van der Waals surface area contributed by atoms with Gasteiger partial charge in [-0.3, -0.25) is 0 Å². The number of benzene rings is 1. The Hall–Kier alpha value is -1.41. The molecule has 160 valence electrons. The number of amides is 1. The minimum atomic E-state index is -0.695. The van der Waals surface area contributed by atoms with Gasteiger partial charge in [0.15, 0.2) is 0 Å². The van der Waals surface area contributed by atoms with Crippen LogP contribution in [0, 0.1) is 0 Å². The topological polar surface area (TPSA) is 82.8 Å². The van der Waals surface area contributed by atoms with Crippen molar-refractivity contribution in [2.75, 3.05) is 12.3 Å². The van der Waals surface area contributed by atoms with Crippen LogP contribution in [0.25, 0.3) is 6.08 Å². The zero-order valence-electron chi connectivity index (χ0n) is 18.0. The van der Waals surface area contributed by atoms with Gasteiger partial charge in [-0.1, -0.05) is 29.3 Å². The van der Waals surface area contributed by atoms with Gasteiger partial charge in [-0.05, 0) is 66.1 Å². The molecule has 1 heterocycles. The second kappa shape index (κ2) is 8.38. The number of nitrogens with two attached hydrogens (primary N) is 1. The Labute approximate surface area is 183 Å². The second-order valence-corrected chi connectivity index (χ2v) is 9.88. The summed E-state index contributed by atoms with van der Waals surface area (Å²) in [6, 6.07) is 3.23. The highest BCUT2D eigenvalue weighted by atomic mass is 35.5. The molecule has 1 saturated heterocycles. The first-order chi connectivity index (χ1) is 13.1. The van der Waals surface area contributed by atoms with Crippen LogP contribution in [0.2, 0.25) is 10.0 Å². The van der Waals surface area contributed by atoms with Crippen molar-refractivity contribution in [3.05, 3.63) is 33.2 Å². The predicted molar refractivity (Wildman–Crippen MR) is 119 cm³/mol. The standard InChI is InChI=1S/C20H29BCl2N2O4/c1-18(2,3)27-17(26)25-11-12(21-28-19(4,5)20(6,7)29-21)8-14-15(22)9-13(24)10-16(14)23/h8-10H,11,24H2,1-7H3,(H,25,26). The molecule has 0 spiro atoms. The van der Waals surface area contributed by atoms with E-state index < -0.39 is 30.0 Å². The number of carbonyl (C=O) groups excluding carboxylic acids is 1. The first-order valence-corrected chi connectivity index (χ1v) is 10.1. The molecule has 2 rings (SSSR count). The van der Waals surface area contributed by atoms with E-state index in [4.69, 9.17) is 43.0 Å². The van der Waals surface area contributed by atoms with Gasteiger partial charge >= 0.3 is 13.2 Å². The van der Waals surface area contributed by atoms with Crippen molar-refractivity contribution >= 4 is 48.2 Å². The molecular weight excluding hydrogens is 414 g/mol. The summed E-state index contributed by atoms with van der Waals surface area (Å²) in [4.78, 5) is 12.2. The Morgan fingerprint density at radius 3 is 2.10 bits per heavy atom. The third kappa shape index (κ3) is 6.04. The first-order valence-electron chi connectivity index (χ1n) is 9.39. The summed E-state index contributed by atoms with van der Waals surface area (Å²) in [6.07, 6.45) is 1.21. The van der Waals surface area contributed by atoms with E-state index in [2.05, 4.69) is 5.32 Å². The maximum atomic E-state index is 12.2. The fraction of sp³-hybridized carbons (Fsp3) is 0.550. The third-order valence-electron chi connectivity index (χ3n) is 4.82. The molecule has 29 heavy (non-hydrogen) atoms. The Morgan fingerprint density at radius 2 is 1.66 bits per heavy atom. The molecule has 0 unspecified atom stereocenters. The number of nitrogens with one attached hydrogen (secondary N) is 1. The van der Waals surface area contributed by atoms with Crippen LogP contribution in [-0.2, 0) is 14.0 Å². The van der Waals surface area contributed by atoms with Gasteiger partial charge in [0.05, 0.1) is 21.2 Å². The van der Waals surface area contributed by atoms with Crippen LogP contribution in [-0.4, -0.2) is 36.6 Å². The highest BCUT2D eigenvalue weighted by Crippen LogP contribution is 2.39. The van der Waals surface area contributed by atoms with Crippen molar-refractivity contribution in [2.45, 2.75) is 65.3 Å². The molecule has 0 bridgehead atoms. The molecule has 3 N–H and O–H groups in total. The minimum absolute atomic E-state index is 0.128. The summed E-state index contributed by atoms with van der Waals surface area (Å²) in [5.41, 5.74) is 5.77. The van der Waals surface area contributed by atoms with E-state index in [0.717, 1.165) is 0 Å². The molecule has 9 heteroatoms. The fourth-order valence-corrected chi connectivity index (χ4v) is 3.23. The van der Waals surface area contributed by atoms with Gasteiger partial charge in [-0.15, -0.1) is 0 Å². The molecule has 0 aromatic heterocycles. The normalized spacial score (nSPS) is 18.7.